The van der Waals surface area contributed by atoms with Crippen LogP contribution in [0.5, 0.6) is 5.75 Å². The van der Waals surface area contributed by atoms with E-state index in [1.807, 2.05) is 18.2 Å². The number of rotatable bonds is 4. The van der Waals surface area contributed by atoms with Crippen molar-refractivity contribution >= 4 is 11.6 Å². The minimum Gasteiger partial charge on any atom is -0.491 e. The summed E-state index contributed by atoms with van der Waals surface area (Å²) in [5.41, 5.74) is 1.39. The lowest BCUT2D eigenvalue weighted by molar-refractivity contribution is -0.115. The fourth-order valence-electron chi connectivity index (χ4n) is 2.38. The average Bonchev–Trinajstić information content (AvgIpc) is 2.85. The fraction of sp³-hybridized carbons (Fsp3) is 0.188. The third kappa shape index (κ3) is 2.87. The number of nitrogens with one attached hydrogen (secondary N) is 1. The Bertz CT molecular complexity index is 673. The third-order valence-electron chi connectivity index (χ3n) is 3.34. The van der Waals surface area contributed by atoms with Crippen molar-refractivity contribution in [2.45, 2.75) is 12.5 Å². The SMILES string of the molecule is O=C1Cc2cc(F)cc(C(O)COc3ccccc3)c2N1. The predicted molar refractivity (Wildman–Crippen MR) is 75.6 cm³/mol. The van der Waals surface area contributed by atoms with Gasteiger partial charge in [0.2, 0.25) is 5.91 Å². The lowest BCUT2D eigenvalue weighted by atomic mass is 10.0. The quantitative estimate of drug-likeness (QED) is 0.908. The molecule has 1 aliphatic heterocycles. The second-order valence-corrected chi connectivity index (χ2v) is 4.89. The van der Waals surface area contributed by atoms with E-state index in [0.717, 1.165) is 0 Å². The molecule has 108 valence electrons. The van der Waals surface area contributed by atoms with E-state index in [4.69, 9.17) is 4.74 Å². The number of amides is 1. The zero-order valence-corrected chi connectivity index (χ0v) is 11.2. The van der Waals surface area contributed by atoms with Gasteiger partial charge in [0.25, 0.3) is 0 Å². The average molecular weight is 287 g/mol. The van der Waals surface area contributed by atoms with Crippen molar-refractivity contribution in [3.8, 4) is 5.75 Å². The van der Waals surface area contributed by atoms with Gasteiger partial charge < -0.3 is 15.2 Å². The number of aliphatic hydroxyl groups excluding tert-OH is 1. The smallest absolute Gasteiger partial charge is 0.228 e. The van der Waals surface area contributed by atoms with Gasteiger partial charge in [-0.15, -0.1) is 0 Å². The topological polar surface area (TPSA) is 58.6 Å². The molecular formula is C16H14FNO3. The molecule has 3 rings (SSSR count). The Morgan fingerprint density at radius 2 is 2.05 bits per heavy atom. The number of aliphatic hydroxyl groups is 1. The van der Waals surface area contributed by atoms with Crippen LogP contribution in [0.15, 0.2) is 42.5 Å². The van der Waals surface area contributed by atoms with Gasteiger partial charge in [0, 0.05) is 5.56 Å². The molecule has 0 saturated heterocycles. The molecule has 2 N–H and O–H groups in total. The highest BCUT2D eigenvalue weighted by molar-refractivity contribution is 6.00. The van der Waals surface area contributed by atoms with Crippen molar-refractivity contribution in [3.05, 3.63) is 59.4 Å². The summed E-state index contributed by atoms with van der Waals surface area (Å²) in [6, 6.07) is 11.6. The Hall–Kier alpha value is -2.40. The molecule has 1 amide bonds. The fourth-order valence-corrected chi connectivity index (χ4v) is 2.38. The van der Waals surface area contributed by atoms with Crippen molar-refractivity contribution < 1.29 is 19.0 Å². The molecule has 1 unspecified atom stereocenters. The molecule has 1 atom stereocenters. The number of anilines is 1. The van der Waals surface area contributed by atoms with E-state index in [1.54, 1.807) is 12.1 Å². The molecule has 0 aromatic heterocycles. The maximum absolute atomic E-state index is 13.6. The Morgan fingerprint density at radius 3 is 2.81 bits per heavy atom. The van der Waals surface area contributed by atoms with Crippen LogP contribution in [-0.2, 0) is 11.2 Å². The van der Waals surface area contributed by atoms with E-state index in [2.05, 4.69) is 5.32 Å². The lowest BCUT2D eigenvalue weighted by Crippen LogP contribution is -2.13. The van der Waals surface area contributed by atoms with Gasteiger partial charge in [-0.2, -0.15) is 0 Å². The number of para-hydroxylation sites is 1. The van der Waals surface area contributed by atoms with Gasteiger partial charge in [-0.25, -0.2) is 4.39 Å². The predicted octanol–water partition coefficient (Wildman–Crippen LogP) is 2.43. The van der Waals surface area contributed by atoms with Gasteiger partial charge in [-0.1, -0.05) is 18.2 Å². The summed E-state index contributed by atoms with van der Waals surface area (Å²) in [6.45, 7) is -0.0181. The molecule has 0 fully saturated rings. The van der Waals surface area contributed by atoms with E-state index < -0.39 is 11.9 Å². The van der Waals surface area contributed by atoms with E-state index in [1.165, 1.54) is 12.1 Å². The van der Waals surface area contributed by atoms with Crippen molar-refractivity contribution in [1.82, 2.24) is 0 Å². The second kappa shape index (κ2) is 5.54. The summed E-state index contributed by atoms with van der Waals surface area (Å²) in [7, 11) is 0. The zero-order valence-electron chi connectivity index (χ0n) is 11.2. The summed E-state index contributed by atoms with van der Waals surface area (Å²) in [4.78, 5) is 11.4. The number of benzene rings is 2. The third-order valence-corrected chi connectivity index (χ3v) is 3.34. The summed E-state index contributed by atoms with van der Waals surface area (Å²) in [5, 5.41) is 12.9. The van der Waals surface area contributed by atoms with E-state index in [-0.39, 0.29) is 18.9 Å². The van der Waals surface area contributed by atoms with Crippen molar-refractivity contribution in [3.63, 3.8) is 0 Å². The van der Waals surface area contributed by atoms with Crippen LogP contribution in [0.25, 0.3) is 0 Å². The van der Waals surface area contributed by atoms with Crippen LogP contribution in [0.2, 0.25) is 0 Å². The number of halogens is 1. The Kier molecular flexibility index (Phi) is 3.58. The van der Waals surface area contributed by atoms with Gasteiger partial charge in [-0.05, 0) is 29.8 Å². The number of hydrogen-bond acceptors (Lipinski definition) is 3. The van der Waals surface area contributed by atoms with Crippen LogP contribution < -0.4 is 10.1 Å². The minimum absolute atomic E-state index is 0.0181. The first-order valence-corrected chi connectivity index (χ1v) is 6.61. The molecule has 0 aliphatic carbocycles. The normalized spacial score (nSPS) is 14.5. The summed E-state index contributed by atoms with van der Waals surface area (Å²) in [5.74, 6) is -0.0549. The first kappa shape index (κ1) is 13.6. The summed E-state index contributed by atoms with van der Waals surface area (Å²) < 4.78 is 19.0. The number of carbonyl (C=O) groups excluding carboxylic acids is 1. The molecule has 0 bridgehead atoms. The highest BCUT2D eigenvalue weighted by atomic mass is 19.1. The molecule has 5 heteroatoms. The van der Waals surface area contributed by atoms with E-state index >= 15 is 0 Å². The standard InChI is InChI=1S/C16H14FNO3/c17-11-6-10-7-15(20)18-16(10)13(8-11)14(19)9-21-12-4-2-1-3-5-12/h1-6,8,14,19H,7,9H2,(H,18,20). The van der Waals surface area contributed by atoms with Crippen LogP contribution in [0, 0.1) is 5.82 Å². The molecule has 0 spiro atoms. The molecular weight excluding hydrogens is 273 g/mol. The molecule has 1 aliphatic rings. The van der Waals surface area contributed by atoms with Crippen LogP contribution in [-0.4, -0.2) is 17.6 Å². The molecule has 0 radical (unpaired) electrons. The lowest BCUT2D eigenvalue weighted by Gasteiger charge is -2.16. The van der Waals surface area contributed by atoms with Gasteiger partial charge >= 0.3 is 0 Å². The van der Waals surface area contributed by atoms with E-state index in [9.17, 15) is 14.3 Å². The molecule has 1 heterocycles. The number of ether oxygens (including phenoxy) is 1. The van der Waals surface area contributed by atoms with Crippen LogP contribution in [0.1, 0.15) is 17.2 Å². The van der Waals surface area contributed by atoms with Gasteiger partial charge in [0.1, 0.15) is 24.3 Å². The summed E-state index contributed by atoms with van der Waals surface area (Å²) >= 11 is 0. The molecule has 2 aromatic carbocycles. The van der Waals surface area contributed by atoms with Crippen molar-refractivity contribution in [2.24, 2.45) is 0 Å². The van der Waals surface area contributed by atoms with Gasteiger partial charge in [0.05, 0.1) is 12.1 Å². The van der Waals surface area contributed by atoms with Gasteiger partial charge in [0.15, 0.2) is 0 Å². The van der Waals surface area contributed by atoms with Crippen LogP contribution in [0.3, 0.4) is 0 Å². The second-order valence-electron chi connectivity index (χ2n) is 4.89. The zero-order chi connectivity index (χ0) is 14.8. The highest BCUT2D eigenvalue weighted by Gasteiger charge is 2.25. The molecule has 21 heavy (non-hydrogen) atoms. The Morgan fingerprint density at radius 1 is 1.29 bits per heavy atom. The monoisotopic (exact) mass is 287 g/mol. The minimum atomic E-state index is -1.02. The largest absolute Gasteiger partial charge is 0.491 e. The number of carbonyl (C=O) groups is 1. The maximum Gasteiger partial charge on any atom is 0.228 e. The maximum atomic E-state index is 13.6. The Labute approximate surface area is 121 Å². The Balaban J connectivity index is 1.79. The van der Waals surface area contributed by atoms with Crippen molar-refractivity contribution in [1.29, 1.82) is 0 Å². The first-order chi connectivity index (χ1) is 10.1. The number of hydrogen-bond donors (Lipinski definition) is 2. The van der Waals surface area contributed by atoms with E-state index in [0.29, 0.717) is 22.6 Å². The molecule has 0 saturated carbocycles. The van der Waals surface area contributed by atoms with Crippen LogP contribution >= 0.6 is 0 Å². The van der Waals surface area contributed by atoms with Crippen molar-refractivity contribution in [2.75, 3.05) is 11.9 Å². The first-order valence-electron chi connectivity index (χ1n) is 6.61. The van der Waals surface area contributed by atoms with Gasteiger partial charge in [-0.3, -0.25) is 4.79 Å². The summed E-state index contributed by atoms with van der Waals surface area (Å²) in [6.07, 6.45) is -0.889. The van der Waals surface area contributed by atoms with Crippen LogP contribution in [0.4, 0.5) is 10.1 Å². The molecule has 2 aromatic rings. The number of fused-ring (bicyclic) bond motifs is 1. The highest BCUT2D eigenvalue weighted by Crippen LogP contribution is 2.32. The molecule has 4 nitrogen and oxygen atoms in total.